The number of ether oxygens (including phenoxy) is 1. The molecule has 1 heterocycles. The van der Waals surface area contributed by atoms with Crippen LogP contribution in [0.15, 0.2) is 53.9 Å². The van der Waals surface area contributed by atoms with Gasteiger partial charge in [0.2, 0.25) is 0 Å². The van der Waals surface area contributed by atoms with Crippen molar-refractivity contribution in [1.29, 1.82) is 5.26 Å². The molecule has 31 heavy (non-hydrogen) atoms. The largest absolute Gasteiger partial charge is 0.447 e. The Balaban J connectivity index is 1.76. The summed E-state index contributed by atoms with van der Waals surface area (Å²) in [5, 5.41) is 16.5. The molecule has 3 rings (SSSR count). The molecule has 0 saturated heterocycles. The number of carbonyl (C=O) groups is 2. The van der Waals surface area contributed by atoms with Crippen LogP contribution in [0.1, 0.15) is 22.2 Å². The molecule has 4 N–H and O–H groups in total. The van der Waals surface area contributed by atoms with Gasteiger partial charge in [0, 0.05) is 5.38 Å². The molecule has 0 bridgehead atoms. The fraction of sp³-hybridized carbons (Fsp3) is 0.0909. The first kappa shape index (κ1) is 21.4. The van der Waals surface area contributed by atoms with E-state index in [4.69, 9.17) is 22.2 Å². The molecule has 3 amide bonds. The number of carbonyl (C=O) groups excluding carboxylic acids is 2. The van der Waals surface area contributed by atoms with Gasteiger partial charge in [0.1, 0.15) is 12.4 Å². The molecule has 0 spiro atoms. The Kier molecular flexibility index (Phi) is 6.84. The Morgan fingerprint density at radius 1 is 1.23 bits per heavy atom. The maximum atomic E-state index is 12.4. The summed E-state index contributed by atoms with van der Waals surface area (Å²) in [7, 11) is 0. The number of nitriles is 1. The van der Waals surface area contributed by atoms with Gasteiger partial charge < -0.3 is 15.8 Å². The molecule has 0 aliphatic carbocycles. The number of hydrogen-bond acceptors (Lipinski definition) is 6. The van der Waals surface area contributed by atoms with Crippen molar-refractivity contribution in [2.24, 2.45) is 5.73 Å². The van der Waals surface area contributed by atoms with Crippen LogP contribution in [0, 0.1) is 23.7 Å². The highest BCUT2D eigenvalue weighted by molar-refractivity contribution is 7.10. The summed E-state index contributed by atoms with van der Waals surface area (Å²) in [6.45, 7) is -0.154. The number of nitrogens with one attached hydrogen (secondary N) is 2. The van der Waals surface area contributed by atoms with Crippen molar-refractivity contribution >= 4 is 29.3 Å². The number of nitrogens with zero attached hydrogens (tertiary/aromatic N) is 2. The molecule has 1 unspecified atom stereocenters. The fourth-order valence-electron chi connectivity index (χ4n) is 2.77. The third-order valence-corrected chi connectivity index (χ3v) is 4.98. The highest BCUT2D eigenvalue weighted by atomic mass is 32.1. The van der Waals surface area contributed by atoms with Gasteiger partial charge in [0.25, 0.3) is 0 Å². The molecular weight excluding hydrogens is 414 g/mol. The lowest BCUT2D eigenvalue weighted by Gasteiger charge is -2.19. The van der Waals surface area contributed by atoms with Crippen molar-refractivity contribution in [2.45, 2.75) is 6.04 Å². The van der Waals surface area contributed by atoms with Crippen LogP contribution in [0.3, 0.4) is 0 Å². The standard InChI is InChI=1S/C22H17N5O3S/c1-2-20-26-19(13-31-20)27-22(29)25-18(12-30-21(24)28)16-8-6-15(7-9-16)17-5-3-4-14(10-17)11-23/h1,3-10,13,18H,12H2,(H2,24,28)(H2,25,27,29). The average molecular weight is 431 g/mol. The first-order chi connectivity index (χ1) is 15.0. The second-order valence-corrected chi connectivity index (χ2v) is 7.14. The average Bonchev–Trinajstić information content (AvgIpc) is 3.24. The quantitative estimate of drug-likeness (QED) is 0.513. The summed E-state index contributed by atoms with van der Waals surface area (Å²) in [5.41, 5.74) is 8.10. The molecule has 2 aromatic carbocycles. The third kappa shape index (κ3) is 5.82. The van der Waals surface area contributed by atoms with Crippen molar-refractivity contribution < 1.29 is 14.3 Å². The van der Waals surface area contributed by atoms with Gasteiger partial charge in [-0.15, -0.1) is 17.8 Å². The lowest BCUT2D eigenvalue weighted by molar-refractivity contribution is 0.144. The molecule has 9 heteroatoms. The fourth-order valence-corrected chi connectivity index (χ4v) is 3.32. The molecule has 1 atom stereocenters. The van der Waals surface area contributed by atoms with Crippen LogP contribution in [0.5, 0.6) is 0 Å². The molecular formula is C22H17N5O3S. The lowest BCUT2D eigenvalue weighted by atomic mass is 10.00. The monoisotopic (exact) mass is 431 g/mol. The second kappa shape index (κ2) is 9.92. The first-order valence-corrected chi connectivity index (χ1v) is 9.89. The van der Waals surface area contributed by atoms with Gasteiger partial charge in [0.15, 0.2) is 5.01 Å². The zero-order chi connectivity index (χ0) is 22.2. The number of urea groups is 1. The highest BCUT2D eigenvalue weighted by Gasteiger charge is 2.17. The number of rotatable bonds is 6. The van der Waals surface area contributed by atoms with Crippen molar-refractivity contribution in [3.05, 3.63) is 70.0 Å². The van der Waals surface area contributed by atoms with Crippen LogP contribution in [0.2, 0.25) is 0 Å². The summed E-state index contributed by atoms with van der Waals surface area (Å²) in [6.07, 6.45) is 4.33. The van der Waals surface area contributed by atoms with E-state index in [1.54, 1.807) is 35.7 Å². The minimum atomic E-state index is -0.949. The van der Waals surface area contributed by atoms with E-state index in [0.717, 1.165) is 11.1 Å². The second-order valence-electron chi connectivity index (χ2n) is 6.28. The van der Waals surface area contributed by atoms with E-state index in [2.05, 4.69) is 27.6 Å². The van der Waals surface area contributed by atoms with Crippen LogP contribution in [-0.2, 0) is 4.74 Å². The van der Waals surface area contributed by atoms with Gasteiger partial charge in [-0.3, -0.25) is 5.32 Å². The Hall–Kier alpha value is -4.34. The Morgan fingerprint density at radius 2 is 2.00 bits per heavy atom. The van der Waals surface area contributed by atoms with Crippen molar-refractivity contribution in [3.8, 4) is 29.5 Å². The first-order valence-electron chi connectivity index (χ1n) is 9.01. The Labute approximate surface area is 182 Å². The minimum Gasteiger partial charge on any atom is -0.447 e. The topological polar surface area (TPSA) is 130 Å². The van der Waals surface area contributed by atoms with E-state index in [0.29, 0.717) is 22.0 Å². The number of aromatic nitrogens is 1. The summed E-state index contributed by atoms with van der Waals surface area (Å²) in [4.78, 5) is 27.5. The SMILES string of the molecule is C#Cc1nc(NC(=O)NC(COC(N)=O)c2ccc(-c3cccc(C#N)c3)cc2)cs1. The van der Waals surface area contributed by atoms with E-state index in [1.165, 1.54) is 11.3 Å². The van der Waals surface area contributed by atoms with E-state index in [-0.39, 0.29) is 6.61 Å². The van der Waals surface area contributed by atoms with E-state index < -0.39 is 18.2 Å². The third-order valence-electron chi connectivity index (χ3n) is 4.20. The van der Waals surface area contributed by atoms with Crippen LogP contribution in [0.25, 0.3) is 11.1 Å². The van der Waals surface area contributed by atoms with Crippen LogP contribution in [-0.4, -0.2) is 23.7 Å². The normalized spacial score (nSPS) is 10.9. The number of amides is 3. The number of primary amides is 1. The van der Waals surface area contributed by atoms with Gasteiger partial charge in [-0.2, -0.15) is 5.26 Å². The van der Waals surface area contributed by atoms with Gasteiger partial charge in [-0.1, -0.05) is 36.4 Å². The number of terminal acetylenes is 1. The molecule has 0 aliphatic rings. The van der Waals surface area contributed by atoms with Crippen LogP contribution in [0.4, 0.5) is 15.4 Å². The van der Waals surface area contributed by atoms with Crippen LogP contribution < -0.4 is 16.4 Å². The minimum absolute atomic E-state index is 0.154. The van der Waals surface area contributed by atoms with Crippen LogP contribution >= 0.6 is 11.3 Å². The molecule has 154 valence electrons. The van der Waals surface area contributed by atoms with Gasteiger partial charge >= 0.3 is 12.1 Å². The zero-order valence-electron chi connectivity index (χ0n) is 16.2. The molecule has 0 fully saturated rings. The van der Waals surface area contributed by atoms with Gasteiger partial charge in [0.05, 0.1) is 17.7 Å². The van der Waals surface area contributed by atoms with E-state index >= 15 is 0 Å². The lowest BCUT2D eigenvalue weighted by Crippen LogP contribution is -2.36. The molecule has 0 radical (unpaired) electrons. The number of nitrogens with two attached hydrogens (primary N) is 1. The zero-order valence-corrected chi connectivity index (χ0v) is 17.0. The number of hydrogen-bond donors (Lipinski definition) is 3. The molecule has 0 saturated carbocycles. The molecule has 0 aliphatic heterocycles. The molecule has 1 aromatic heterocycles. The number of thiazole rings is 1. The van der Waals surface area contributed by atoms with Gasteiger partial charge in [-0.05, 0) is 34.7 Å². The summed E-state index contributed by atoms with van der Waals surface area (Å²) < 4.78 is 4.90. The molecule has 8 nitrogen and oxygen atoms in total. The number of benzene rings is 2. The molecule has 3 aromatic rings. The van der Waals surface area contributed by atoms with E-state index in [1.807, 2.05) is 18.2 Å². The maximum Gasteiger partial charge on any atom is 0.404 e. The summed E-state index contributed by atoms with van der Waals surface area (Å²) >= 11 is 1.23. The predicted molar refractivity (Wildman–Crippen MR) is 117 cm³/mol. The Bertz CT molecular complexity index is 1170. The summed E-state index contributed by atoms with van der Waals surface area (Å²) in [6, 6.07) is 15.4. The van der Waals surface area contributed by atoms with Crippen molar-refractivity contribution in [3.63, 3.8) is 0 Å². The predicted octanol–water partition coefficient (Wildman–Crippen LogP) is 3.62. The smallest absolute Gasteiger partial charge is 0.404 e. The van der Waals surface area contributed by atoms with Gasteiger partial charge in [-0.25, -0.2) is 14.6 Å². The van der Waals surface area contributed by atoms with Crippen molar-refractivity contribution in [1.82, 2.24) is 10.3 Å². The van der Waals surface area contributed by atoms with Crippen molar-refractivity contribution in [2.75, 3.05) is 11.9 Å². The number of anilines is 1. The maximum absolute atomic E-state index is 12.4. The Morgan fingerprint density at radius 3 is 2.65 bits per heavy atom. The van der Waals surface area contributed by atoms with E-state index in [9.17, 15) is 9.59 Å². The highest BCUT2D eigenvalue weighted by Crippen LogP contribution is 2.23. The summed E-state index contributed by atoms with van der Waals surface area (Å²) in [5.74, 6) is 2.71.